The minimum Gasteiger partial charge on any atom is -0.478 e. The van der Waals surface area contributed by atoms with Gasteiger partial charge in [-0.15, -0.1) is 0 Å². The van der Waals surface area contributed by atoms with Crippen molar-refractivity contribution in [3.8, 4) is 0 Å². The summed E-state index contributed by atoms with van der Waals surface area (Å²) in [4.78, 5) is 20.7. The molecule has 1 N–H and O–H groups in total. The van der Waals surface area contributed by atoms with E-state index in [1.165, 1.54) is 6.20 Å². The van der Waals surface area contributed by atoms with Gasteiger partial charge in [0, 0.05) is 32.2 Å². The first kappa shape index (κ1) is 12.0. The highest BCUT2D eigenvalue weighted by molar-refractivity contribution is 5.87. The number of aromatic carboxylic acids is 1. The first-order valence-electron chi connectivity index (χ1n) is 5.46. The van der Waals surface area contributed by atoms with Crippen molar-refractivity contribution < 1.29 is 9.90 Å². The maximum atomic E-state index is 10.7. The van der Waals surface area contributed by atoms with Gasteiger partial charge in [0.1, 0.15) is 5.82 Å². The summed E-state index contributed by atoms with van der Waals surface area (Å²) >= 11 is 0. The van der Waals surface area contributed by atoms with Crippen molar-refractivity contribution in [3.63, 3.8) is 0 Å². The Morgan fingerprint density at radius 3 is 2.56 bits per heavy atom. The smallest absolute Gasteiger partial charge is 0.337 e. The first-order valence-corrected chi connectivity index (χ1v) is 5.46. The molecule has 0 amide bonds. The maximum absolute atomic E-state index is 10.7. The van der Waals surface area contributed by atoms with Crippen molar-refractivity contribution in [2.45, 2.75) is 6.54 Å². The summed E-state index contributed by atoms with van der Waals surface area (Å²) in [6.07, 6.45) is 4.84. The average Bonchev–Trinajstić information content (AvgIpc) is 2.40. The molecule has 0 aliphatic carbocycles. The van der Waals surface area contributed by atoms with E-state index in [0.717, 1.165) is 11.4 Å². The van der Waals surface area contributed by atoms with E-state index in [-0.39, 0.29) is 5.56 Å². The van der Waals surface area contributed by atoms with Crippen LogP contribution in [-0.4, -0.2) is 28.1 Å². The average molecular weight is 243 g/mol. The molecule has 18 heavy (non-hydrogen) atoms. The summed E-state index contributed by atoms with van der Waals surface area (Å²) in [6.45, 7) is 0.696. The number of hydrogen-bond acceptors (Lipinski definition) is 4. The summed E-state index contributed by atoms with van der Waals surface area (Å²) in [6, 6.07) is 7.11. The Hall–Kier alpha value is -2.43. The van der Waals surface area contributed by atoms with E-state index in [0.29, 0.717) is 6.54 Å². The van der Waals surface area contributed by atoms with Crippen LogP contribution in [0.15, 0.2) is 42.9 Å². The van der Waals surface area contributed by atoms with Crippen molar-refractivity contribution >= 4 is 11.8 Å². The van der Waals surface area contributed by atoms with Crippen molar-refractivity contribution in [2.24, 2.45) is 0 Å². The highest BCUT2D eigenvalue weighted by Crippen LogP contribution is 2.12. The van der Waals surface area contributed by atoms with Gasteiger partial charge in [-0.25, -0.2) is 9.78 Å². The Bertz CT molecular complexity index is 526. The third-order valence-electron chi connectivity index (χ3n) is 2.56. The summed E-state index contributed by atoms with van der Waals surface area (Å²) in [5.41, 5.74) is 1.31. The molecular weight excluding hydrogens is 230 g/mol. The predicted molar refractivity (Wildman–Crippen MR) is 67.5 cm³/mol. The topological polar surface area (TPSA) is 66.3 Å². The number of carboxylic acid groups (broad SMARTS) is 1. The lowest BCUT2D eigenvalue weighted by Crippen LogP contribution is -2.17. The van der Waals surface area contributed by atoms with Crippen LogP contribution in [0.5, 0.6) is 0 Å². The lowest BCUT2D eigenvalue weighted by Gasteiger charge is -2.18. The quantitative estimate of drug-likeness (QED) is 0.887. The predicted octanol–water partition coefficient (Wildman–Crippen LogP) is 1.81. The molecule has 0 bridgehead atoms. The minimum absolute atomic E-state index is 0.191. The fourth-order valence-corrected chi connectivity index (χ4v) is 1.58. The second-order valence-electron chi connectivity index (χ2n) is 3.92. The second kappa shape index (κ2) is 5.27. The van der Waals surface area contributed by atoms with Crippen LogP contribution in [0.25, 0.3) is 0 Å². The van der Waals surface area contributed by atoms with Crippen LogP contribution in [0.4, 0.5) is 5.82 Å². The zero-order valence-electron chi connectivity index (χ0n) is 9.95. The second-order valence-corrected chi connectivity index (χ2v) is 3.92. The van der Waals surface area contributed by atoms with Crippen LogP contribution in [0, 0.1) is 0 Å². The molecule has 0 aliphatic rings. The molecule has 5 nitrogen and oxygen atoms in total. The molecule has 2 rings (SSSR count). The van der Waals surface area contributed by atoms with Crippen LogP contribution in [0.3, 0.4) is 0 Å². The van der Waals surface area contributed by atoms with Crippen molar-refractivity contribution in [1.82, 2.24) is 9.97 Å². The Morgan fingerprint density at radius 1 is 1.28 bits per heavy atom. The van der Waals surface area contributed by atoms with Crippen LogP contribution < -0.4 is 4.90 Å². The maximum Gasteiger partial charge on any atom is 0.337 e. The normalized spacial score (nSPS) is 10.1. The fraction of sp³-hybridized carbons (Fsp3) is 0.154. The lowest BCUT2D eigenvalue weighted by atomic mass is 10.2. The summed E-state index contributed by atoms with van der Waals surface area (Å²) in [5.74, 6) is -0.234. The minimum atomic E-state index is -0.967. The van der Waals surface area contributed by atoms with Gasteiger partial charge < -0.3 is 10.0 Å². The monoisotopic (exact) mass is 243 g/mol. The third kappa shape index (κ3) is 2.82. The molecule has 2 heterocycles. The molecule has 0 aromatic carbocycles. The lowest BCUT2D eigenvalue weighted by molar-refractivity contribution is 0.0696. The fourth-order valence-electron chi connectivity index (χ4n) is 1.58. The standard InChI is InChI=1S/C13H13N3O2/c1-16(9-10-4-6-14-7-5-10)12-3-2-11(8-15-12)13(17)18/h2-8H,9H2,1H3,(H,17,18). The highest BCUT2D eigenvalue weighted by atomic mass is 16.4. The number of carbonyl (C=O) groups is 1. The molecule has 2 aromatic rings. The van der Waals surface area contributed by atoms with Crippen molar-refractivity contribution in [2.75, 3.05) is 11.9 Å². The van der Waals surface area contributed by atoms with E-state index >= 15 is 0 Å². The summed E-state index contributed by atoms with van der Waals surface area (Å²) in [5, 5.41) is 8.79. The molecule has 5 heteroatoms. The number of pyridine rings is 2. The number of nitrogens with zero attached hydrogens (tertiary/aromatic N) is 3. The van der Waals surface area contributed by atoms with Gasteiger partial charge >= 0.3 is 5.97 Å². The Kier molecular flexibility index (Phi) is 3.52. The van der Waals surface area contributed by atoms with Gasteiger partial charge in [0.2, 0.25) is 0 Å². The molecule has 2 aromatic heterocycles. The van der Waals surface area contributed by atoms with Gasteiger partial charge in [0.25, 0.3) is 0 Å². The van der Waals surface area contributed by atoms with E-state index in [9.17, 15) is 4.79 Å². The van der Waals surface area contributed by atoms with Crippen LogP contribution in [0.2, 0.25) is 0 Å². The zero-order chi connectivity index (χ0) is 13.0. The molecule has 0 saturated carbocycles. The highest BCUT2D eigenvalue weighted by Gasteiger charge is 2.06. The molecule has 0 radical (unpaired) electrons. The molecular formula is C13H13N3O2. The van der Waals surface area contributed by atoms with Crippen LogP contribution in [0.1, 0.15) is 15.9 Å². The van der Waals surface area contributed by atoms with Crippen molar-refractivity contribution in [1.29, 1.82) is 0 Å². The Balaban J connectivity index is 2.09. The summed E-state index contributed by atoms with van der Waals surface area (Å²) in [7, 11) is 1.91. The molecule has 0 spiro atoms. The first-order chi connectivity index (χ1) is 8.66. The van der Waals surface area contributed by atoms with Gasteiger partial charge in [-0.3, -0.25) is 4.98 Å². The Labute approximate surface area is 105 Å². The largest absolute Gasteiger partial charge is 0.478 e. The SMILES string of the molecule is CN(Cc1ccncc1)c1ccc(C(=O)O)cn1. The van der Waals surface area contributed by atoms with E-state index in [4.69, 9.17) is 5.11 Å². The van der Waals surface area contributed by atoms with E-state index < -0.39 is 5.97 Å². The number of rotatable bonds is 4. The molecule has 0 atom stereocenters. The van der Waals surface area contributed by atoms with E-state index in [1.807, 2.05) is 24.1 Å². The number of anilines is 1. The zero-order valence-corrected chi connectivity index (χ0v) is 9.95. The van der Waals surface area contributed by atoms with Gasteiger partial charge in [0.05, 0.1) is 5.56 Å². The van der Waals surface area contributed by atoms with E-state index in [1.54, 1.807) is 24.5 Å². The molecule has 0 unspecified atom stereocenters. The molecule has 0 fully saturated rings. The Morgan fingerprint density at radius 2 is 2.00 bits per heavy atom. The molecule has 0 aliphatic heterocycles. The number of hydrogen-bond donors (Lipinski definition) is 1. The van der Waals surface area contributed by atoms with E-state index in [2.05, 4.69) is 9.97 Å². The third-order valence-corrected chi connectivity index (χ3v) is 2.56. The number of carboxylic acids is 1. The van der Waals surface area contributed by atoms with Gasteiger partial charge in [-0.05, 0) is 29.8 Å². The number of aromatic nitrogens is 2. The van der Waals surface area contributed by atoms with Crippen molar-refractivity contribution in [3.05, 3.63) is 54.0 Å². The summed E-state index contributed by atoms with van der Waals surface area (Å²) < 4.78 is 0. The van der Waals surface area contributed by atoms with Gasteiger partial charge in [0.15, 0.2) is 0 Å². The van der Waals surface area contributed by atoms with Gasteiger partial charge in [-0.1, -0.05) is 0 Å². The molecule has 92 valence electrons. The van der Waals surface area contributed by atoms with Crippen LogP contribution in [-0.2, 0) is 6.54 Å². The van der Waals surface area contributed by atoms with Crippen LogP contribution >= 0.6 is 0 Å². The molecule has 0 saturated heterocycles. The van der Waals surface area contributed by atoms with Gasteiger partial charge in [-0.2, -0.15) is 0 Å².